The smallest absolute Gasteiger partial charge is 0.284 e. The first-order chi connectivity index (χ1) is 13.7. The Morgan fingerprint density at radius 3 is 2.75 bits per heavy atom. The maximum absolute atomic E-state index is 13.2. The van der Waals surface area contributed by atoms with E-state index < -0.39 is 0 Å². The summed E-state index contributed by atoms with van der Waals surface area (Å²) in [5.74, 6) is 0.989. The largest absolute Gasteiger partial charge is 0.463 e. The Balaban J connectivity index is 1.53. The van der Waals surface area contributed by atoms with Crippen molar-refractivity contribution in [2.75, 3.05) is 18.5 Å². The van der Waals surface area contributed by atoms with Gasteiger partial charge in [0.15, 0.2) is 17.4 Å². The highest BCUT2D eigenvalue weighted by Crippen LogP contribution is 2.32. The van der Waals surface area contributed by atoms with Gasteiger partial charge in [0.25, 0.3) is 5.91 Å². The molecule has 1 unspecified atom stereocenters. The fourth-order valence-corrected chi connectivity index (χ4v) is 4.77. The molecule has 3 aromatic rings. The summed E-state index contributed by atoms with van der Waals surface area (Å²) >= 11 is 1.69. The van der Waals surface area contributed by atoms with Gasteiger partial charge in [-0.2, -0.15) is 0 Å². The lowest BCUT2D eigenvalue weighted by Crippen LogP contribution is -3.08. The van der Waals surface area contributed by atoms with E-state index in [0.29, 0.717) is 19.6 Å². The van der Waals surface area contributed by atoms with E-state index in [4.69, 9.17) is 9.40 Å². The highest BCUT2D eigenvalue weighted by atomic mass is 32.1. The lowest BCUT2D eigenvalue weighted by Gasteiger charge is -2.22. The van der Waals surface area contributed by atoms with Crippen molar-refractivity contribution < 1.29 is 14.1 Å². The van der Waals surface area contributed by atoms with E-state index >= 15 is 0 Å². The Bertz CT molecular complexity index is 882. The second kappa shape index (κ2) is 8.71. The number of amides is 1. The number of hydrogen-bond donors (Lipinski definition) is 1. The van der Waals surface area contributed by atoms with E-state index in [1.54, 1.807) is 17.6 Å². The number of thiazole rings is 1. The van der Waals surface area contributed by atoms with Crippen LogP contribution < -0.4 is 9.80 Å². The van der Waals surface area contributed by atoms with Gasteiger partial charge in [-0.05, 0) is 43.4 Å². The van der Waals surface area contributed by atoms with Crippen LogP contribution in [0.3, 0.4) is 0 Å². The number of hydrogen-bond acceptors (Lipinski definition) is 4. The molecule has 0 saturated carbocycles. The van der Waals surface area contributed by atoms with Gasteiger partial charge in [-0.1, -0.05) is 30.3 Å². The molecule has 1 atom stereocenters. The Morgan fingerprint density at radius 2 is 2.00 bits per heavy atom. The zero-order valence-corrected chi connectivity index (χ0v) is 17.0. The number of benzene rings is 1. The zero-order chi connectivity index (χ0) is 19.3. The average Bonchev–Trinajstić information content (AvgIpc) is 3.36. The number of furan rings is 1. The first-order valence-corrected chi connectivity index (χ1v) is 10.7. The summed E-state index contributed by atoms with van der Waals surface area (Å²) in [6.07, 6.45) is 6.20. The van der Waals surface area contributed by atoms with Crippen LogP contribution in [0.15, 0.2) is 53.1 Å². The summed E-state index contributed by atoms with van der Waals surface area (Å²) in [6, 6.07) is 14.0. The quantitative estimate of drug-likeness (QED) is 0.668. The highest BCUT2D eigenvalue weighted by Gasteiger charge is 2.25. The molecule has 0 fully saturated rings. The standard InChI is InChI=1S/C22H25N3O2S/c1-24(15-18-10-7-13-27-18)16-21(26)25(14-17-8-3-2-4-9-17)22-23-19-11-5-6-12-20(19)28-22/h2-4,7-10,13H,5-6,11-12,14-16H2,1H3/p+1. The zero-order valence-electron chi connectivity index (χ0n) is 16.2. The van der Waals surface area contributed by atoms with Gasteiger partial charge in [-0.3, -0.25) is 9.69 Å². The Kier molecular flexibility index (Phi) is 5.88. The fraction of sp³-hybridized carbons (Fsp3) is 0.364. The molecule has 0 spiro atoms. The molecule has 1 amide bonds. The van der Waals surface area contributed by atoms with Crippen molar-refractivity contribution in [3.8, 4) is 0 Å². The molecule has 0 bridgehead atoms. The number of nitrogens with zero attached hydrogens (tertiary/aromatic N) is 2. The van der Waals surface area contributed by atoms with Gasteiger partial charge in [-0.15, -0.1) is 11.3 Å². The monoisotopic (exact) mass is 396 g/mol. The third-order valence-electron chi connectivity index (χ3n) is 5.06. The Labute approximate surface area is 169 Å². The van der Waals surface area contributed by atoms with Crippen LogP contribution in [0.2, 0.25) is 0 Å². The number of carbonyl (C=O) groups excluding carboxylic acids is 1. The minimum Gasteiger partial charge on any atom is -0.463 e. The van der Waals surface area contributed by atoms with E-state index in [-0.39, 0.29) is 5.91 Å². The number of carbonyl (C=O) groups is 1. The third-order valence-corrected chi connectivity index (χ3v) is 6.24. The second-order valence-corrected chi connectivity index (χ2v) is 8.49. The number of aromatic nitrogens is 1. The van der Waals surface area contributed by atoms with Crippen LogP contribution in [-0.2, 0) is 30.7 Å². The number of nitrogens with one attached hydrogen (secondary N) is 1. The number of quaternary nitrogens is 1. The minimum absolute atomic E-state index is 0.0963. The van der Waals surface area contributed by atoms with Crippen LogP contribution in [0.1, 0.15) is 34.7 Å². The first-order valence-electron chi connectivity index (χ1n) is 9.85. The maximum atomic E-state index is 13.2. The van der Waals surface area contributed by atoms with Gasteiger partial charge in [0, 0.05) is 4.88 Å². The lowest BCUT2D eigenvalue weighted by molar-refractivity contribution is -0.886. The number of fused-ring (bicyclic) bond motifs is 1. The molecule has 5 nitrogen and oxygen atoms in total. The SMILES string of the molecule is C[NH+](CC(=O)N(Cc1ccccc1)c1nc2c(s1)CCCC2)Cc1ccco1. The van der Waals surface area contributed by atoms with Crippen LogP contribution >= 0.6 is 11.3 Å². The molecular weight excluding hydrogens is 370 g/mol. The molecule has 28 heavy (non-hydrogen) atoms. The average molecular weight is 397 g/mol. The molecule has 0 aliphatic heterocycles. The summed E-state index contributed by atoms with van der Waals surface area (Å²) in [5, 5.41) is 0.839. The summed E-state index contributed by atoms with van der Waals surface area (Å²) in [6.45, 7) is 1.64. The molecule has 2 heterocycles. The molecule has 2 aromatic heterocycles. The van der Waals surface area contributed by atoms with Crippen LogP contribution in [-0.4, -0.2) is 24.5 Å². The van der Waals surface area contributed by atoms with Crippen LogP contribution in [0.25, 0.3) is 0 Å². The van der Waals surface area contributed by atoms with Crippen molar-refractivity contribution in [2.24, 2.45) is 0 Å². The highest BCUT2D eigenvalue weighted by molar-refractivity contribution is 7.15. The lowest BCUT2D eigenvalue weighted by atomic mass is 10.0. The summed E-state index contributed by atoms with van der Waals surface area (Å²) < 4.78 is 5.43. The maximum Gasteiger partial charge on any atom is 0.284 e. The van der Waals surface area contributed by atoms with Gasteiger partial charge in [0.05, 0.1) is 25.5 Å². The van der Waals surface area contributed by atoms with E-state index in [0.717, 1.165) is 34.2 Å². The van der Waals surface area contributed by atoms with E-state index in [2.05, 4.69) is 12.1 Å². The first kappa shape index (κ1) is 18.9. The molecule has 4 rings (SSSR count). The molecule has 1 aliphatic rings. The molecule has 6 heteroatoms. The molecule has 1 N–H and O–H groups in total. The van der Waals surface area contributed by atoms with Crippen molar-refractivity contribution >= 4 is 22.4 Å². The van der Waals surface area contributed by atoms with E-state index in [1.807, 2.05) is 42.3 Å². The van der Waals surface area contributed by atoms with Gasteiger partial charge in [0.1, 0.15) is 6.54 Å². The predicted octanol–water partition coefficient (Wildman–Crippen LogP) is 2.86. The van der Waals surface area contributed by atoms with Gasteiger partial charge < -0.3 is 9.32 Å². The second-order valence-electron chi connectivity index (χ2n) is 7.43. The van der Waals surface area contributed by atoms with Gasteiger partial charge in [-0.25, -0.2) is 4.98 Å². The van der Waals surface area contributed by atoms with Crippen molar-refractivity contribution in [2.45, 2.75) is 38.8 Å². The van der Waals surface area contributed by atoms with Crippen molar-refractivity contribution in [3.63, 3.8) is 0 Å². The number of aryl methyl sites for hydroxylation is 2. The number of likely N-dealkylation sites (N-methyl/N-ethyl adjacent to an activating group) is 1. The van der Waals surface area contributed by atoms with Gasteiger partial charge >= 0.3 is 0 Å². The third kappa shape index (κ3) is 4.51. The number of anilines is 1. The van der Waals surface area contributed by atoms with Crippen LogP contribution in [0.4, 0.5) is 5.13 Å². The molecule has 1 aromatic carbocycles. The molecular formula is C22H26N3O2S+. The van der Waals surface area contributed by atoms with E-state index in [1.165, 1.54) is 23.4 Å². The summed E-state index contributed by atoms with van der Waals surface area (Å²) in [5.41, 5.74) is 2.31. The van der Waals surface area contributed by atoms with Crippen molar-refractivity contribution in [1.82, 2.24) is 4.98 Å². The molecule has 146 valence electrons. The molecule has 0 radical (unpaired) electrons. The normalized spacial score (nSPS) is 14.5. The summed E-state index contributed by atoms with van der Waals surface area (Å²) in [4.78, 5) is 22.4. The van der Waals surface area contributed by atoms with Crippen molar-refractivity contribution in [1.29, 1.82) is 0 Å². The number of rotatable bonds is 7. The Hall–Kier alpha value is -2.44. The van der Waals surface area contributed by atoms with Crippen molar-refractivity contribution in [3.05, 3.63) is 70.6 Å². The summed E-state index contributed by atoms with van der Waals surface area (Å²) in [7, 11) is 2.02. The molecule has 0 saturated heterocycles. The Morgan fingerprint density at radius 1 is 1.18 bits per heavy atom. The predicted molar refractivity (Wildman–Crippen MR) is 111 cm³/mol. The van der Waals surface area contributed by atoms with Gasteiger partial charge in [0.2, 0.25) is 0 Å². The van der Waals surface area contributed by atoms with Crippen LogP contribution in [0.5, 0.6) is 0 Å². The fourth-order valence-electron chi connectivity index (χ4n) is 3.61. The van der Waals surface area contributed by atoms with E-state index in [9.17, 15) is 4.79 Å². The molecule has 1 aliphatic carbocycles. The topological polar surface area (TPSA) is 50.8 Å². The van der Waals surface area contributed by atoms with Crippen LogP contribution in [0, 0.1) is 0 Å². The minimum atomic E-state index is 0.0963.